The second-order valence-corrected chi connectivity index (χ2v) is 4.86. The van der Waals surface area contributed by atoms with Gasteiger partial charge in [0.1, 0.15) is 6.54 Å². The highest BCUT2D eigenvalue weighted by Gasteiger charge is 2.20. The summed E-state index contributed by atoms with van der Waals surface area (Å²) in [4.78, 5) is 0. The lowest BCUT2D eigenvalue weighted by molar-refractivity contribution is -0.675. The number of aryl methyl sites for hydroxylation is 1. The molecule has 1 aromatic carbocycles. The maximum Gasteiger partial charge on any atom is 0.254 e. The molecule has 0 atom stereocenters. The molecule has 22 heavy (non-hydrogen) atoms. The Hall–Kier alpha value is -1.17. The van der Waals surface area contributed by atoms with E-state index in [0.29, 0.717) is 25.4 Å². The molecule has 0 fully saturated rings. The summed E-state index contributed by atoms with van der Waals surface area (Å²) in [6.45, 7) is 7.76. The van der Waals surface area contributed by atoms with Crippen molar-refractivity contribution in [1.82, 2.24) is 4.57 Å². The van der Waals surface area contributed by atoms with Crippen molar-refractivity contribution in [2.24, 2.45) is 0 Å². The smallest absolute Gasteiger partial charge is 0.254 e. The number of benzene rings is 1. The molecule has 0 spiro atoms. The molecule has 0 aliphatic carbocycles. The third-order valence-corrected chi connectivity index (χ3v) is 3.67. The first kappa shape index (κ1) is 18.9. The first-order chi connectivity index (χ1) is 10.2. The van der Waals surface area contributed by atoms with Crippen LogP contribution < -0.4 is 28.5 Å². The molecule has 1 aromatic heterocycles. The van der Waals surface area contributed by atoms with E-state index in [4.69, 9.17) is 14.7 Å². The van der Waals surface area contributed by atoms with Crippen LogP contribution in [0.25, 0.3) is 11.0 Å². The number of aromatic nitrogens is 2. The quantitative estimate of drug-likeness (QED) is 0.324. The largest absolute Gasteiger partial charge is 1.00 e. The van der Waals surface area contributed by atoms with Crippen LogP contribution in [0.3, 0.4) is 0 Å². The number of methoxy groups -OCH3 is 1. The fourth-order valence-corrected chi connectivity index (χ4v) is 2.61. The molecular formula is C16H22IN3O2. The van der Waals surface area contributed by atoms with Gasteiger partial charge in [-0.1, -0.05) is 0 Å². The molecule has 0 saturated carbocycles. The molecule has 0 unspecified atom stereocenters. The molecule has 0 aliphatic heterocycles. The van der Waals surface area contributed by atoms with Gasteiger partial charge in [0, 0.05) is 20.1 Å². The fourth-order valence-electron chi connectivity index (χ4n) is 2.61. The maximum absolute atomic E-state index is 9.09. The van der Waals surface area contributed by atoms with E-state index in [1.54, 1.807) is 7.11 Å². The summed E-state index contributed by atoms with van der Waals surface area (Å²) in [6.07, 6.45) is 0. The molecule has 0 amide bonds. The van der Waals surface area contributed by atoms with E-state index in [1.807, 2.05) is 18.2 Å². The Kier molecular flexibility index (Phi) is 7.79. The lowest BCUT2D eigenvalue weighted by Crippen LogP contribution is -3.00. The molecule has 0 saturated heterocycles. The first-order valence-corrected chi connectivity index (χ1v) is 7.22. The van der Waals surface area contributed by atoms with Gasteiger partial charge in [-0.05, 0) is 19.1 Å². The van der Waals surface area contributed by atoms with Crippen LogP contribution in [0.2, 0.25) is 0 Å². The molecule has 0 N–H and O–H groups in total. The van der Waals surface area contributed by atoms with Gasteiger partial charge in [-0.3, -0.25) is 0 Å². The van der Waals surface area contributed by atoms with E-state index in [0.717, 1.165) is 24.1 Å². The molecule has 2 aromatic rings. The third-order valence-electron chi connectivity index (χ3n) is 3.67. The van der Waals surface area contributed by atoms with Crippen LogP contribution in [-0.2, 0) is 22.6 Å². The Morgan fingerprint density at radius 3 is 2.68 bits per heavy atom. The van der Waals surface area contributed by atoms with Crippen molar-refractivity contribution in [3.8, 4) is 6.07 Å². The van der Waals surface area contributed by atoms with Crippen molar-refractivity contribution in [3.05, 3.63) is 29.6 Å². The van der Waals surface area contributed by atoms with E-state index in [-0.39, 0.29) is 24.0 Å². The minimum Gasteiger partial charge on any atom is -1.00 e. The molecule has 0 bridgehead atoms. The van der Waals surface area contributed by atoms with Crippen molar-refractivity contribution in [1.29, 1.82) is 5.26 Å². The summed E-state index contributed by atoms with van der Waals surface area (Å²) in [5.74, 6) is 1.18. The summed E-state index contributed by atoms with van der Waals surface area (Å²) in [7, 11) is 1.67. The van der Waals surface area contributed by atoms with Gasteiger partial charge in [0.15, 0.2) is 11.0 Å². The van der Waals surface area contributed by atoms with Gasteiger partial charge in [-0.2, -0.15) is 5.26 Å². The van der Waals surface area contributed by atoms with Gasteiger partial charge >= 0.3 is 0 Å². The van der Waals surface area contributed by atoms with Crippen molar-refractivity contribution < 1.29 is 38.0 Å². The lowest BCUT2D eigenvalue weighted by atomic mass is 10.2. The average Bonchev–Trinajstić information content (AvgIpc) is 2.77. The molecular weight excluding hydrogens is 393 g/mol. The zero-order valence-corrected chi connectivity index (χ0v) is 15.5. The minimum atomic E-state index is 0. The van der Waals surface area contributed by atoms with Crippen molar-refractivity contribution in [2.45, 2.75) is 26.9 Å². The Bertz CT molecular complexity index is 661. The monoisotopic (exact) mass is 415 g/mol. The number of fused-ring (bicyclic) bond motifs is 1. The van der Waals surface area contributed by atoms with Crippen molar-refractivity contribution in [3.63, 3.8) is 0 Å². The second kappa shape index (κ2) is 9.08. The van der Waals surface area contributed by atoms with Crippen LogP contribution in [0.15, 0.2) is 18.2 Å². The zero-order chi connectivity index (χ0) is 15.2. The minimum absolute atomic E-state index is 0. The van der Waals surface area contributed by atoms with Crippen LogP contribution in [-0.4, -0.2) is 31.5 Å². The molecule has 2 rings (SSSR count). The second-order valence-electron chi connectivity index (χ2n) is 4.86. The van der Waals surface area contributed by atoms with Crippen molar-refractivity contribution in [2.75, 3.05) is 26.9 Å². The van der Waals surface area contributed by atoms with Gasteiger partial charge < -0.3 is 33.5 Å². The van der Waals surface area contributed by atoms with E-state index in [9.17, 15) is 0 Å². The Morgan fingerprint density at radius 2 is 2.05 bits per heavy atom. The van der Waals surface area contributed by atoms with E-state index < -0.39 is 0 Å². The highest BCUT2D eigenvalue weighted by molar-refractivity contribution is 5.74. The van der Waals surface area contributed by atoms with Gasteiger partial charge in [0.05, 0.1) is 38.0 Å². The summed E-state index contributed by atoms with van der Waals surface area (Å²) in [5, 5.41) is 9.09. The Labute approximate surface area is 148 Å². The standard InChI is InChI=1S/C16H22N3O2.HI/c1-4-18-13(2)19(7-8-21-10-9-20-3)16-11-14(12-17)5-6-15(16)18;/h5-6,11H,4,7-10H2,1-3H3;1H/q+1;/p-1. The Balaban J connectivity index is 0.00000242. The molecule has 120 valence electrons. The number of hydrogen-bond donors (Lipinski definition) is 0. The first-order valence-electron chi connectivity index (χ1n) is 7.22. The predicted octanol–water partition coefficient (Wildman–Crippen LogP) is -1.20. The van der Waals surface area contributed by atoms with E-state index in [2.05, 4.69) is 29.1 Å². The number of imidazole rings is 1. The molecule has 0 radical (unpaired) electrons. The number of rotatable bonds is 7. The summed E-state index contributed by atoms with van der Waals surface area (Å²) in [6, 6.07) is 8.04. The van der Waals surface area contributed by atoms with E-state index >= 15 is 0 Å². The number of halogens is 1. The summed E-state index contributed by atoms with van der Waals surface area (Å²) >= 11 is 0. The zero-order valence-electron chi connectivity index (χ0n) is 13.3. The van der Waals surface area contributed by atoms with Crippen LogP contribution in [0.1, 0.15) is 18.3 Å². The number of hydrogen-bond acceptors (Lipinski definition) is 3. The lowest BCUT2D eigenvalue weighted by Gasteiger charge is -2.03. The van der Waals surface area contributed by atoms with Gasteiger partial charge in [-0.25, -0.2) is 9.13 Å². The molecule has 6 heteroatoms. The molecule has 5 nitrogen and oxygen atoms in total. The van der Waals surface area contributed by atoms with Crippen LogP contribution in [0.5, 0.6) is 0 Å². The van der Waals surface area contributed by atoms with Gasteiger partial charge in [0.25, 0.3) is 5.82 Å². The van der Waals surface area contributed by atoms with Gasteiger partial charge in [-0.15, -0.1) is 0 Å². The number of ether oxygens (including phenoxy) is 2. The maximum atomic E-state index is 9.09. The highest BCUT2D eigenvalue weighted by atomic mass is 127. The van der Waals surface area contributed by atoms with Gasteiger partial charge in [0.2, 0.25) is 0 Å². The van der Waals surface area contributed by atoms with Crippen LogP contribution in [0.4, 0.5) is 0 Å². The highest BCUT2D eigenvalue weighted by Crippen LogP contribution is 2.16. The number of nitrogens with zero attached hydrogens (tertiary/aromatic N) is 3. The fraction of sp³-hybridized carbons (Fsp3) is 0.500. The summed E-state index contributed by atoms with van der Waals surface area (Å²) in [5.41, 5.74) is 2.93. The molecule has 0 aliphatic rings. The van der Waals surface area contributed by atoms with Crippen molar-refractivity contribution >= 4 is 11.0 Å². The predicted molar refractivity (Wildman–Crippen MR) is 80.0 cm³/mol. The number of nitriles is 1. The molecule has 1 heterocycles. The van der Waals surface area contributed by atoms with E-state index in [1.165, 1.54) is 5.82 Å². The van der Waals surface area contributed by atoms with Crippen LogP contribution in [0, 0.1) is 18.3 Å². The third kappa shape index (κ3) is 3.97. The normalized spacial score (nSPS) is 10.5. The average molecular weight is 415 g/mol. The topological polar surface area (TPSA) is 51.1 Å². The Morgan fingerprint density at radius 1 is 1.27 bits per heavy atom. The summed E-state index contributed by atoms with van der Waals surface area (Å²) < 4.78 is 15.0. The van der Waals surface area contributed by atoms with Crippen LogP contribution >= 0.6 is 0 Å². The SMILES string of the molecule is CC[n+]1c(C)n(CCOCCOC)c2cc(C#N)ccc21.[I-].